The summed E-state index contributed by atoms with van der Waals surface area (Å²) >= 11 is 0. The second-order valence-corrected chi connectivity index (χ2v) is 13.1. The van der Waals surface area contributed by atoms with Gasteiger partial charge in [0.1, 0.15) is 6.04 Å². The largest absolute Gasteiger partial charge is 0.481 e. The molecule has 1 atom stereocenters. The first-order chi connectivity index (χ1) is 29.9. The van der Waals surface area contributed by atoms with Crippen molar-refractivity contribution >= 4 is 35.3 Å². The van der Waals surface area contributed by atoms with Crippen molar-refractivity contribution in [1.29, 1.82) is 0 Å². The van der Waals surface area contributed by atoms with Crippen molar-refractivity contribution in [3.8, 4) is 0 Å². The van der Waals surface area contributed by atoms with E-state index in [1.807, 2.05) is 0 Å². The van der Waals surface area contributed by atoms with E-state index in [0.29, 0.717) is 164 Å². The average molecular weight is 874 g/mol. The molecule has 1 aromatic carbocycles. The monoisotopic (exact) mass is 873 g/mol. The van der Waals surface area contributed by atoms with E-state index in [1.165, 1.54) is 0 Å². The number of hydrogen-bond acceptors (Lipinski definition) is 18. The molecule has 1 fully saturated rings. The van der Waals surface area contributed by atoms with E-state index >= 15 is 0 Å². The number of nitrogens with one attached hydrogen (secondary N) is 2. The van der Waals surface area contributed by atoms with Crippen molar-refractivity contribution in [3.63, 3.8) is 0 Å². The Morgan fingerprint density at radius 2 is 0.934 bits per heavy atom. The van der Waals surface area contributed by atoms with E-state index in [1.54, 1.807) is 18.2 Å². The molecule has 1 unspecified atom stereocenters. The van der Waals surface area contributed by atoms with Crippen LogP contribution in [0.4, 0.5) is 5.69 Å². The number of imide groups is 2. The molecule has 0 aliphatic carbocycles. The minimum Gasteiger partial charge on any atom is -0.481 e. The van der Waals surface area contributed by atoms with Gasteiger partial charge in [-0.3, -0.25) is 34.2 Å². The van der Waals surface area contributed by atoms with Gasteiger partial charge >= 0.3 is 5.97 Å². The van der Waals surface area contributed by atoms with E-state index < -0.39 is 35.6 Å². The van der Waals surface area contributed by atoms with Gasteiger partial charge in [0.05, 0.1) is 176 Å². The molecule has 1 aromatic rings. The third-order valence-corrected chi connectivity index (χ3v) is 8.58. The zero-order chi connectivity index (χ0) is 43.6. The first-order valence-electron chi connectivity index (χ1n) is 20.6. The molecule has 0 spiro atoms. The summed E-state index contributed by atoms with van der Waals surface area (Å²) in [7, 11) is 0. The fourth-order valence-corrected chi connectivity index (χ4v) is 5.60. The quantitative estimate of drug-likeness (QED) is 0.0587. The Balaban J connectivity index is 0.970. The molecule has 2 aliphatic rings. The summed E-state index contributed by atoms with van der Waals surface area (Å²) in [6, 6.07) is 3.88. The average Bonchev–Trinajstić information content (AvgIpc) is 3.50. The minimum atomic E-state index is -1.02. The van der Waals surface area contributed by atoms with E-state index in [9.17, 15) is 24.0 Å². The summed E-state index contributed by atoms with van der Waals surface area (Å²) < 4.78 is 65.3. The van der Waals surface area contributed by atoms with Crippen molar-refractivity contribution in [3.05, 3.63) is 29.3 Å². The van der Waals surface area contributed by atoms with Crippen LogP contribution in [0.2, 0.25) is 0 Å². The maximum Gasteiger partial charge on any atom is 0.305 e. The highest BCUT2D eigenvalue weighted by Crippen LogP contribution is 2.32. The number of rotatable bonds is 41. The molecule has 3 rings (SSSR count). The Hall–Kier alpha value is -3.71. The predicted octanol–water partition coefficient (Wildman–Crippen LogP) is 0.174. The number of amides is 4. The molecule has 0 bridgehead atoms. The zero-order valence-electron chi connectivity index (χ0n) is 34.9. The van der Waals surface area contributed by atoms with Gasteiger partial charge in [-0.2, -0.15) is 0 Å². The molecule has 1 saturated heterocycles. The highest BCUT2D eigenvalue weighted by atomic mass is 16.6. The van der Waals surface area contributed by atoms with E-state index in [-0.39, 0.29) is 37.0 Å². The van der Waals surface area contributed by atoms with Gasteiger partial charge < -0.3 is 67.3 Å². The number of nitrogens with zero attached hydrogens (tertiary/aromatic N) is 1. The zero-order valence-corrected chi connectivity index (χ0v) is 34.9. The lowest BCUT2D eigenvalue weighted by atomic mass is 10.0. The standard InChI is InChI=1S/C40H63N3O18/c44-35-5-4-34(38(47)42-35)43-39(48)32-2-1-3-33(37(32)40(43)49)41-7-9-51-11-13-53-15-17-55-19-21-57-23-25-59-27-29-61-31-30-60-28-26-58-24-22-56-20-18-54-16-14-52-12-10-50-8-6-36(45)46/h1-3,34,41H,4-31H2,(H,45,46)(H,42,44,47). The molecular weight excluding hydrogens is 810 g/mol. The smallest absolute Gasteiger partial charge is 0.305 e. The second kappa shape index (κ2) is 33.9. The lowest BCUT2D eigenvalue weighted by molar-refractivity contribution is -0.138. The fourth-order valence-electron chi connectivity index (χ4n) is 5.60. The summed E-state index contributed by atoms with van der Waals surface area (Å²) in [6.45, 7) is 10.5. The van der Waals surface area contributed by atoms with Crippen LogP contribution in [0, 0.1) is 0 Å². The van der Waals surface area contributed by atoms with E-state index in [0.717, 1.165) is 4.90 Å². The van der Waals surface area contributed by atoms with Crippen LogP contribution in [0.15, 0.2) is 18.2 Å². The van der Waals surface area contributed by atoms with Crippen LogP contribution in [0.25, 0.3) is 0 Å². The molecular formula is C40H63N3O18. The number of carbonyl (C=O) groups excluding carboxylic acids is 4. The van der Waals surface area contributed by atoms with Crippen molar-refractivity contribution in [2.45, 2.75) is 25.3 Å². The summed E-state index contributed by atoms with van der Waals surface area (Å²) in [4.78, 5) is 61.2. The Morgan fingerprint density at radius 3 is 1.31 bits per heavy atom. The van der Waals surface area contributed by atoms with Crippen LogP contribution in [-0.4, -0.2) is 211 Å². The summed E-state index contributed by atoms with van der Waals surface area (Å²) in [5.74, 6) is -3.07. The third kappa shape index (κ3) is 22.8. The lowest BCUT2D eigenvalue weighted by Crippen LogP contribution is -2.54. The second-order valence-electron chi connectivity index (χ2n) is 13.1. The van der Waals surface area contributed by atoms with Gasteiger partial charge in [-0.1, -0.05) is 6.07 Å². The number of benzene rings is 1. The summed E-state index contributed by atoms with van der Waals surface area (Å²) in [6.07, 6.45) is 0.145. The van der Waals surface area contributed by atoms with E-state index in [2.05, 4.69) is 10.6 Å². The first-order valence-corrected chi connectivity index (χ1v) is 20.6. The number of anilines is 1. The van der Waals surface area contributed by atoms with Crippen molar-refractivity contribution in [1.82, 2.24) is 10.2 Å². The van der Waals surface area contributed by atoms with Crippen LogP contribution in [0.1, 0.15) is 40.0 Å². The van der Waals surface area contributed by atoms with Crippen LogP contribution in [0.3, 0.4) is 0 Å². The normalized spacial score (nSPS) is 15.1. The SMILES string of the molecule is O=C(O)CCOCCOCCOCCOCCOCCOCCOCCOCCOCCOCCOCCOCCNc1cccc2c1C(=O)N(C1CCC(=O)NC1=O)C2=O. The molecule has 21 heteroatoms. The van der Waals surface area contributed by atoms with Gasteiger partial charge in [0.25, 0.3) is 11.8 Å². The molecule has 0 saturated carbocycles. The summed E-state index contributed by atoms with van der Waals surface area (Å²) in [5, 5.41) is 13.8. The number of carboxylic acid groups (broad SMARTS) is 1. The molecule has 0 radical (unpaired) electrons. The van der Waals surface area contributed by atoms with Crippen molar-refractivity contribution < 1.29 is 85.9 Å². The molecule has 2 heterocycles. The number of carboxylic acids is 1. The number of aliphatic carboxylic acids is 1. The maximum atomic E-state index is 13.2. The molecule has 0 aromatic heterocycles. The number of carbonyl (C=O) groups is 5. The van der Waals surface area contributed by atoms with Gasteiger partial charge in [-0.05, 0) is 18.6 Å². The Morgan fingerprint density at radius 1 is 0.557 bits per heavy atom. The van der Waals surface area contributed by atoms with Gasteiger partial charge in [0.15, 0.2) is 0 Å². The molecule has 3 N–H and O–H groups in total. The van der Waals surface area contributed by atoms with E-state index in [4.69, 9.17) is 61.9 Å². The highest BCUT2D eigenvalue weighted by molar-refractivity contribution is 6.25. The Kier molecular flexibility index (Phi) is 28.7. The van der Waals surface area contributed by atoms with Crippen molar-refractivity contribution in [2.75, 3.05) is 170 Å². The third-order valence-electron chi connectivity index (χ3n) is 8.58. The Labute approximate surface area is 356 Å². The summed E-state index contributed by atoms with van der Waals surface area (Å²) in [5.41, 5.74) is 0.890. The predicted molar refractivity (Wildman–Crippen MR) is 214 cm³/mol. The van der Waals surface area contributed by atoms with Gasteiger partial charge in [0.2, 0.25) is 11.8 Å². The Bertz CT molecular complexity index is 1400. The van der Waals surface area contributed by atoms with Crippen molar-refractivity contribution in [2.24, 2.45) is 0 Å². The van der Waals surface area contributed by atoms with Gasteiger partial charge in [0, 0.05) is 18.7 Å². The fraction of sp³-hybridized carbons (Fsp3) is 0.725. The lowest BCUT2D eigenvalue weighted by Gasteiger charge is -2.27. The molecule has 2 aliphatic heterocycles. The van der Waals surface area contributed by atoms with Crippen LogP contribution in [0.5, 0.6) is 0 Å². The van der Waals surface area contributed by atoms with Gasteiger partial charge in [-0.15, -0.1) is 0 Å². The molecule has 21 nitrogen and oxygen atoms in total. The topological polar surface area (TPSA) is 244 Å². The minimum absolute atomic E-state index is 0.0142. The highest BCUT2D eigenvalue weighted by Gasteiger charge is 2.45. The number of fused-ring (bicyclic) bond motifs is 1. The maximum absolute atomic E-state index is 13.2. The van der Waals surface area contributed by atoms with Crippen LogP contribution >= 0.6 is 0 Å². The molecule has 346 valence electrons. The first kappa shape index (κ1) is 51.6. The molecule has 61 heavy (non-hydrogen) atoms. The number of hydrogen-bond donors (Lipinski definition) is 3. The van der Waals surface area contributed by atoms with Crippen LogP contribution < -0.4 is 10.6 Å². The molecule has 4 amide bonds. The number of ether oxygens (including phenoxy) is 12. The van der Waals surface area contributed by atoms with Crippen LogP contribution in [-0.2, 0) is 71.2 Å². The van der Waals surface area contributed by atoms with Gasteiger partial charge in [-0.25, -0.2) is 0 Å². The number of piperidine rings is 1.